The van der Waals surface area contributed by atoms with Gasteiger partial charge < -0.3 is 19.4 Å². The third kappa shape index (κ3) is 4.43. The van der Waals surface area contributed by atoms with Gasteiger partial charge in [0.25, 0.3) is 11.6 Å². The van der Waals surface area contributed by atoms with Crippen molar-refractivity contribution in [3.05, 3.63) is 62.7 Å². The van der Waals surface area contributed by atoms with Gasteiger partial charge in [-0.05, 0) is 50.2 Å². The van der Waals surface area contributed by atoms with Crippen LogP contribution in [0.2, 0.25) is 0 Å². The molecule has 0 bridgehead atoms. The fraction of sp³-hybridized carbons (Fsp3) is 0.481. The molecule has 3 aliphatic heterocycles. The Morgan fingerprint density at radius 2 is 1.72 bits per heavy atom. The van der Waals surface area contributed by atoms with Crippen LogP contribution in [0.5, 0.6) is 5.75 Å². The van der Waals surface area contributed by atoms with Gasteiger partial charge in [0, 0.05) is 63.7 Å². The van der Waals surface area contributed by atoms with Crippen molar-refractivity contribution in [2.45, 2.75) is 38.7 Å². The lowest BCUT2D eigenvalue weighted by Crippen LogP contribution is -2.52. The molecule has 1 amide bonds. The van der Waals surface area contributed by atoms with Crippen molar-refractivity contribution in [1.82, 2.24) is 9.80 Å². The molecule has 0 atom stereocenters. The van der Waals surface area contributed by atoms with Gasteiger partial charge in [-0.25, -0.2) is 0 Å². The van der Waals surface area contributed by atoms with E-state index in [0.717, 1.165) is 24.2 Å². The number of rotatable bonds is 3. The fourth-order valence-corrected chi connectivity index (χ4v) is 5.63. The second-order valence-corrected chi connectivity index (χ2v) is 10.4. The standard InChI is InChI=1S/C27H32N4O5/c1-18-14-19(2)25-21(15-18)24(32)17-27(36-25)6-8-30(9-7-27)26(33)20-4-5-22(23(16-20)31(34)35)29-12-10-28(3)11-13-29/h4-5,14-16H,6-13,17H2,1-3H3. The summed E-state index contributed by atoms with van der Waals surface area (Å²) in [4.78, 5) is 43.6. The first kappa shape index (κ1) is 24.2. The Kier molecular flexibility index (Phi) is 6.20. The highest BCUT2D eigenvalue weighted by Crippen LogP contribution is 2.42. The van der Waals surface area contributed by atoms with Crippen molar-refractivity contribution in [3.63, 3.8) is 0 Å². The van der Waals surface area contributed by atoms with E-state index in [1.807, 2.05) is 37.9 Å². The van der Waals surface area contributed by atoms with E-state index < -0.39 is 10.5 Å². The van der Waals surface area contributed by atoms with Crippen LogP contribution in [0.1, 0.15) is 51.1 Å². The number of carbonyl (C=O) groups is 2. The lowest BCUT2D eigenvalue weighted by Gasteiger charge is -2.44. The predicted octanol–water partition coefficient (Wildman–Crippen LogP) is 3.60. The molecule has 3 aliphatic rings. The number of ether oxygens (including phenoxy) is 1. The molecule has 190 valence electrons. The summed E-state index contributed by atoms with van der Waals surface area (Å²) in [7, 11) is 2.03. The fourth-order valence-electron chi connectivity index (χ4n) is 5.63. The Bertz CT molecular complexity index is 1230. The SMILES string of the molecule is Cc1cc(C)c2c(c1)C(=O)CC1(CCN(C(=O)c3ccc(N4CCN(C)CC4)c([N+](=O)[O-])c3)CC1)O2. The van der Waals surface area contributed by atoms with E-state index in [4.69, 9.17) is 4.74 Å². The number of Topliss-reactive ketones (excluding diaryl/α,β-unsaturated/α-hetero) is 1. The van der Waals surface area contributed by atoms with E-state index in [0.29, 0.717) is 68.0 Å². The van der Waals surface area contributed by atoms with Gasteiger partial charge in [0.15, 0.2) is 5.78 Å². The average Bonchev–Trinajstić information content (AvgIpc) is 2.85. The number of carbonyl (C=O) groups excluding carboxylic acids is 2. The molecule has 0 saturated carbocycles. The second kappa shape index (κ2) is 9.20. The van der Waals surface area contributed by atoms with Gasteiger partial charge in [-0.1, -0.05) is 6.07 Å². The van der Waals surface area contributed by atoms with Crippen molar-refractivity contribution < 1.29 is 19.2 Å². The number of ketones is 1. The first-order valence-electron chi connectivity index (χ1n) is 12.5. The van der Waals surface area contributed by atoms with Crippen LogP contribution in [-0.4, -0.2) is 78.3 Å². The Labute approximate surface area is 210 Å². The zero-order valence-electron chi connectivity index (χ0n) is 21.1. The number of piperidine rings is 1. The van der Waals surface area contributed by atoms with Gasteiger partial charge in [-0.3, -0.25) is 19.7 Å². The minimum atomic E-state index is -0.613. The van der Waals surface area contributed by atoms with Crippen molar-refractivity contribution in [1.29, 1.82) is 0 Å². The Hall–Kier alpha value is -3.46. The van der Waals surface area contributed by atoms with Gasteiger partial charge >= 0.3 is 0 Å². The predicted molar refractivity (Wildman–Crippen MR) is 136 cm³/mol. The molecule has 1 spiro atoms. The summed E-state index contributed by atoms with van der Waals surface area (Å²) >= 11 is 0. The molecule has 2 saturated heterocycles. The molecule has 36 heavy (non-hydrogen) atoms. The maximum Gasteiger partial charge on any atom is 0.293 e. The van der Waals surface area contributed by atoms with E-state index >= 15 is 0 Å². The molecule has 0 aliphatic carbocycles. The van der Waals surface area contributed by atoms with Gasteiger partial charge in [-0.15, -0.1) is 0 Å². The normalized spacial score (nSPS) is 19.7. The van der Waals surface area contributed by atoms with Crippen LogP contribution in [0.25, 0.3) is 0 Å². The Morgan fingerprint density at radius 1 is 1.03 bits per heavy atom. The highest BCUT2D eigenvalue weighted by atomic mass is 16.6. The summed E-state index contributed by atoms with van der Waals surface area (Å²) in [6, 6.07) is 8.70. The summed E-state index contributed by atoms with van der Waals surface area (Å²) < 4.78 is 6.43. The molecule has 2 aromatic carbocycles. The monoisotopic (exact) mass is 492 g/mol. The third-order valence-electron chi connectivity index (χ3n) is 7.75. The number of likely N-dealkylation sites (tertiary alicyclic amines) is 1. The maximum atomic E-state index is 13.3. The molecule has 0 radical (unpaired) electrons. The number of fused-ring (bicyclic) bond motifs is 1. The highest BCUT2D eigenvalue weighted by molar-refractivity contribution is 6.01. The Balaban J connectivity index is 1.31. The first-order valence-corrected chi connectivity index (χ1v) is 12.5. The molecule has 0 N–H and O–H groups in total. The summed E-state index contributed by atoms with van der Waals surface area (Å²) in [6.45, 7) is 7.87. The van der Waals surface area contributed by atoms with Gasteiger partial charge in [0.05, 0.1) is 16.9 Å². The molecule has 2 aromatic rings. The topological polar surface area (TPSA) is 96.2 Å². The number of nitro benzene ring substituents is 1. The quantitative estimate of drug-likeness (QED) is 0.477. The summed E-state index contributed by atoms with van der Waals surface area (Å²) in [6.07, 6.45) is 1.38. The lowest BCUT2D eigenvalue weighted by atomic mass is 9.81. The number of hydrogen-bond donors (Lipinski definition) is 0. The molecule has 9 heteroatoms. The van der Waals surface area contributed by atoms with Crippen LogP contribution >= 0.6 is 0 Å². The van der Waals surface area contributed by atoms with Crippen LogP contribution in [0.15, 0.2) is 30.3 Å². The zero-order chi connectivity index (χ0) is 25.6. The Morgan fingerprint density at radius 3 is 2.39 bits per heavy atom. The van der Waals surface area contributed by atoms with Crippen molar-refractivity contribution in [2.75, 3.05) is 51.2 Å². The van der Waals surface area contributed by atoms with E-state index in [9.17, 15) is 19.7 Å². The number of likely N-dealkylation sites (N-methyl/N-ethyl adjacent to an activating group) is 1. The highest BCUT2D eigenvalue weighted by Gasteiger charge is 2.44. The zero-order valence-corrected chi connectivity index (χ0v) is 21.1. The third-order valence-corrected chi connectivity index (χ3v) is 7.75. The second-order valence-electron chi connectivity index (χ2n) is 10.4. The molecule has 0 aromatic heterocycles. The molecular formula is C27H32N4O5. The number of anilines is 1. The van der Waals surface area contributed by atoms with Crippen LogP contribution in [0.3, 0.4) is 0 Å². The molecular weight excluding hydrogens is 460 g/mol. The lowest BCUT2D eigenvalue weighted by molar-refractivity contribution is -0.384. The number of nitrogens with zero attached hydrogens (tertiary/aromatic N) is 4. The number of hydrogen-bond acceptors (Lipinski definition) is 7. The van der Waals surface area contributed by atoms with E-state index in [-0.39, 0.29) is 17.4 Å². The van der Waals surface area contributed by atoms with Crippen molar-refractivity contribution in [2.24, 2.45) is 0 Å². The van der Waals surface area contributed by atoms with E-state index in [2.05, 4.69) is 4.90 Å². The minimum absolute atomic E-state index is 0.0394. The molecule has 5 rings (SSSR count). The molecule has 0 unspecified atom stereocenters. The largest absolute Gasteiger partial charge is 0.486 e. The number of benzene rings is 2. The maximum absolute atomic E-state index is 13.3. The van der Waals surface area contributed by atoms with Gasteiger partial charge in [0.1, 0.15) is 17.0 Å². The van der Waals surface area contributed by atoms with Crippen molar-refractivity contribution >= 4 is 23.1 Å². The van der Waals surface area contributed by atoms with E-state index in [1.165, 1.54) is 6.07 Å². The summed E-state index contributed by atoms with van der Waals surface area (Å²) in [5, 5.41) is 11.9. The molecule has 9 nitrogen and oxygen atoms in total. The van der Waals surface area contributed by atoms with Crippen molar-refractivity contribution in [3.8, 4) is 5.75 Å². The van der Waals surface area contributed by atoms with E-state index in [1.54, 1.807) is 17.0 Å². The minimum Gasteiger partial charge on any atom is -0.486 e. The summed E-state index contributed by atoms with van der Waals surface area (Å²) in [5.74, 6) is 0.511. The van der Waals surface area contributed by atoms with Crippen LogP contribution < -0.4 is 9.64 Å². The summed E-state index contributed by atoms with van der Waals surface area (Å²) in [5.41, 5.74) is 2.84. The van der Waals surface area contributed by atoms with Crippen LogP contribution in [0.4, 0.5) is 11.4 Å². The first-order chi connectivity index (χ1) is 17.2. The number of aryl methyl sites for hydroxylation is 2. The van der Waals surface area contributed by atoms with Gasteiger partial charge in [-0.2, -0.15) is 0 Å². The smallest absolute Gasteiger partial charge is 0.293 e. The number of piperazine rings is 1. The van der Waals surface area contributed by atoms with Crippen LogP contribution in [-0.2, 0) is 0 Å². The number of nitro groups is 1. The molecule has 2 fully saturated rings. The van der Waals surface area contributed by atoms with Gasteiger partial charge in [0.2, 0.25) is 0 Å². The molecule has 3 heterocycles. The number of amides is 1. The average molecular weight is 493 g/mol. The van der Waals surface area contributed by atoms with Crippen LogP contribution in [0, 0.1) is 24.0 Å².